The van der Waals surface area contributed by atoms with Crippen LogP contribution in [-0.2, 0) is 10.0 Å². The van der Waals surface area contributed by atoms with E-state index >= 15 is 0 Å². The fourth-order valence-electron chi connectivity index (χ4n) is 1.01. The van der Waals surface area contributed by atoms with E-state index in [2.05, 4.69) is 0 Å². The van der Waals surface area contributed by atoms with E-state index in [9.17, 15) is 21.6 Å². The molecule has 0 bridgehead atoms. The lowest BCUT2D eigenvalue weighted by Gasteiger charge is -2.09. The Morgan fingerprint density at radius 3 is 2.44 bits per heavy atom. The first-order valence-electron chi connectivity index (χ1n) is 4.42. The van der Waals surface area contributed by atoms with E-state index in [1.807, 2.05) is 0 Å². The molecule has 1 aromatic carbocycles. The van der Waals surface area contributed by atoms with E-state index in [1.165, 1.54) is 4.72 Å². The zero-order chi connectivity index (χ0) is 14.0. The SMILES string of the molecule is N#Cc1ccc(S(=O)(=O)NCC(F)(F)F)cc1Cl. The minimum absolute atomic E-state index is 0.0337. The molecule has 9 heteroatoms. The van der Waals surface area contributed by atoms with Crippen molar-refractivity contribution in [3.05, 3.63) is 28.8 Å². The highest BCUT2D eigenvalue weighted by atomic mass is 35.5. The van der Waals surface area contributed by atoms with E-state index in [0.717, 1.165) is 18.2 Å². The van der Waals surface area contributed by atoms with E-state index < -0.39 is 27.6 Å². The number of hydrogen-bond donors (Lipinski definition) is 1. The van der Waals surface area contributed by atoms with Crippen molar-refractivity contribution in [1.29, 1.82) is 5.26 Å². The minimum Gasteiger partial charge on any atom is -0.207 e. The molecule has 0 amide bonds. The molecule has 1 rings (SSSR count). The molecule has 0 spiro atoms. The molecule has 1 aromatic rings. The molecule has 0 aliphatic rings. The molecule has 0 aromatic heterocycles. The third-order valence-corrected chi connectivity index (χ3v) is 3.55. The van der Waals surface area contributed by atoms with E-state index in [0.29, 0.717) is 0 Å². The summed E-state index contributed by atoms with van der Waals surface area (Å²) < 4.78 is 60.1. The first kappa shape index (κ1) is 14.8. The Labute approximate surface area is 106 Å². The number of sulfonamides is 1. The summed E-state index contributed by atoms with van der Waals surface area (Å²) in [6.45, 7) is -1.67. The van der Waals surface area contributed by atoms with Crippen molar-refractivity contribution in [2.45, 2.75) is 11.1 Å². The molecular formula is C9H6ClF3N2O2S. The molecule has 0 aliphatic carbocycles. The summed E-state index contributed by atoms with van der Waals surface area (Å²) in [5.41, 5.74) is 0.0337. The van der Waals surface area contributed by atoms with Gasteiger partial charge in [-0.15, -0.1) is 0 Å². The molecule has 18 heavy (non-hydrogen) atoms. The average Bonchev–Trinajstić information content (AvgIpc) is 2.25. The van der Waals surface area contributed by atoms with Gasteiger partial charge in [0.05, 0.1) is 15.5 Å². The highest BCUT2D eigenvalue weighted by Gasteiger charge is 2.30. The quantitative estimate of drug-likeness (QED) is 0.928. The number of rotatable bonds is 3. The molecule has 0 unspecified atom stereocenters. The summed E-state index contributed by atoms with van der Waals surface area (Å²) in [7, 11) is -4.30. The summed E-state index contributed by atoms with van der Waals surface area (Å²) in [6, 6.07) is 4.74. The van der Waals surface area contributed by atoms with Gasteiger partial charge in [0, 0.05) is 0 Å². The van der Waals surface area contributed by atoms with Gasteiger partial charge in [-0.2, -0.15) is 18.4 Å². The number of halogens is 4. The second-order valence-corrected chi connectivity index (χ2v) is 5.37. The number of nitrogens with zero attached hydrogens (tertiary/aromatic N) is 1. The number of benzene rings is 1. The van der Waals surface area contributed by atoms with Gasteiger partial charge in [0.1, 0.15) is 12.6 Å². The maximum atomic E-state index is 11.9. The Morgan fingerprint density at radius 1 is 1.39 bits per heavy atom. The summed E-state index contributed by atoms with van der Waals surface area (Å²) in [5.74, 6) is 0. The lowest BCUT2D eigenvalue weighted by molar-refractivity contribution is -0.121. The first-order chi connectivity index (χ1) is 8.15. The predicted octanol–water partition coefficient (Wildman–Crippen LogP) is 2.05. The molecule has 0 atom stereocenters. The van der Waals surface area contributed by atoms with Crippen molar-refractivity contribution in [2.24, 2.45) is 0 Å². The van der Waals surface area contributed by atoms with Crippen LogP contribution in [0.15, 0.2) is 23.1 Å². The Balaban J connectivity index is 3.00. The Morgan fingerprint density at radius 2 is 2.00 bits per heavy atom. The fourth-order valence-corrected chi connectivity index (χ4v) is 2.34. The van der Waals surface area contributed by atoms with Crippen LogP contribution in [0.3, 0.4) is 0 Å². The highest BCUT2D eigenvalue weighted by molar-refractivity contribution is 7.89. The minimum atomic E-state index is -4.65. The van der Waals surface area contributed by atoms with Gasteiger partial charge >= 0.3 is 6.18 Å². The van der Waals surface area contributed by atoms with Crippen molar-refractivity contribution < 1.29 is 21.6 Å². The van der Waals surface area contributed by atoms with Crippen molar-refractivity contribution in [3.63, 3.8) is 0 Å². The molecule has 0 heterocycles. The standard InChI is InChI=1S/C9H6ClF3N2O2S/c10-8-3-7(2-1-6(8)4-14)18(16,17)15-5-9(11,12)13/h1-3,15H,5H2. The Bertz CT molecular complexity index is 593. The van der Waals surface area contributed by atoms with Crippen LogP contribution in [0, 0.1) is 11.3 Å². The zero-order valence-electron chi connectivity index (χ0n) is 8.62. The fraction of sp³-hybridized carbons (Fsp3) is 0.222. The molecular weight excluding hydrogens is 293 g/mol. The Hall–Kier alpha value is -1.30. The number of nitriles is 1. The van der Waals surface area contributed by atoms with Gasteiger partial charge in [0.2, 0.25) is 10.0 Å². The maximum Gasteiger partial charge on any atom is 0.402 e. The van der Waals surface area contributed by atoms with Gasteiger partial charge in [-0.3, -0.25) is 0 Å². The highest BCUT2D eigenvalue weighted by Crippen LogP contribution is 2.21. The second kappa shape index (κ2) is 5.14. The molecule has 0 saturated heterocycles. The van der Waals surface area contributed by atoms with Gasteiger partial charge in [-0.1, -0.05) is 11.6 Å². The van der Waals surface area contributed by atoms with Crippen LogP contribution in [0.2, 0.25) is 5.02 Å². The maximum absolute atomic E-state index is 11.9. The Kier molecular flexibility index (Phi) is 4.21. The van der Waals surface area contributed by atoms with Gasteiger partial charge in [0.25, 0.3) is 0 Å². The van der Waals surface area contributed by atoms with Gasteiger partial charge in [0.15, 0.2) is 0 Å². The monoisotopic (exact) mass is 298 g/mol. The number of nitrogens with one attached hydrogen (secondary N) is 1. The number of alkyl halides is 3. The summed E-state index contributed by atoms with van der Waals surface area (Å²) in [6.07, 6.45) is -4.65. The summed E-state index contributed by atoms with van der Waals surface area (Å²) in [4.78, 5) is -0.434. The van der Waals surface area contributed by atoms with Crippen LogP contribution in [0.5, 0.6) is 0 Å². The smallest absolute Gasteiger partial charge is 0.207 e. The summed E-state index contributed by atoms with van der Waals surface area (Å²) >= 11 is 5.59. The largest absolute Gasteiger partial charge is 0.402 e. The second-order valence-electron chi connectivity index (χ2n) is 3.19. The van der Waals surface area contributed by atoms with E-state index in [1.54, 1.807) is 6.07 Å². The molecule has 0 fully saturated rings. The molecule has 0 aliphatic heterocycles. The average molecular weight is 299 g/mol. The lowest BCUT2D eigenvalue weighted by atomic mass is 10.2. The van der Waals surface area contributed by atoms with Crippen molar-refractivity contribution >= 4 is 21.6 Å². The predicted molar refractivity (Wildman–Crippen MR) is 57.4 cm³/mol. The topological polar surface area (TPSA) is 70.0 Å². The normalized spacial score (nSPS) is 12.2. The lowest BCUT2D eigenvalue weighted by Crippen LogP contribution is -2.33. The number of hydrogen-bond acceptors (Lipinski definition) is 3. The van der Waals surface area contributed by atoms with Gasteiger partial charge in [-0.05, 0) is 18.2 Å². The zero-order valence-corrected chi connectivity index (χ0v) is 10.2. The van der Waals surface area contributed by atoms with Crippen LogP contribution in [0.25, 0.3) is 0 Å². The van der Waals surface area contributed by atoms with Crippen LogP contribution in [-0.4, -0.2) is 21.1 Å². The van der Waals surface area contributed by atoms with Crippen LogP contribution in [0.1, 0.15) is 5.56 Å². The van der Waals surface area contributed by atoms with Crippen LogP contribution < -0.4 is 4.72 Å². The van der Waals surface area contributed by atoms with Crippen LogP contribution in [0.4, 0.5) is 13.2 Å². The van der Waals surface area contributed by atoms with Crippen molar-refractivity contribution in [1.82, 2.24) is 4.72 Å². The van der Waals surface area contributed by atoms with Crippen molar-refractivity contribution in [3.8, 4) is 6.07 Å². The van der Waals surface area contributed by atoms with Gasteiger partial charge in [-0.25, -0.2) is 13.1 Å². The molecule has 1 N–H and O–H groups in total. The van der Waals surface area contributed by atoms with Crippen LogP contribution >= 0.6 is 11.6 Å². The third kappa shape index (κ3) is 3.87. The summed E-state index contributed by atoms with van der Waals surface area (Å²) in [5, 5.41) is 8.43. The molecule has 98 valence electrons. The van der Waals surface area contributed by atoms with Gasteiger partial charge < -0.3 is 0 Å². The third-order valence-electron chi connectivity index (χ3n) is 1.83. The van der Waals surface area contributed by atoms with E-state index in [-0.39, 0.29) is 10.6 Å². The first-order valence-corrected chi connectivity index (χ1v) is 6.28. The molecule has 0 radical (unpaired) electrons. The molecule has 4 nitrogen and oxygen atoms in total. The molecule has 0 saturated carbocycles. The van der Waals surface area contributed by atoms with Crippen molar-refractivity contribution in [2.75, 3.05) is 6.54 Å². The van der Waals surface area contributed by atoms with E-state index in [4.69, 9.17) is 16.9 Å².